The summed E-state index contributed by atoms with van der Waals surface area (Å²) in [5.74, 6) is 0.496. The molecule has 0 aliphatic carbocycles. The predicted molar refractivity (Wildman–Crippen MR) is 89.0 cm³/mol. The number of carbonyl (C=O) groups is 1. The zero-order chi connectivity index (χ0) is 15.7. The summed E-state index contributed by atoms with van der Waals surface area (Å²) in [6.07, 6.45) is 0. The van der Waals surface area contributed by atoms with Gasteiger partial charge < -0.3 is 15.0 Å². The molecular weight excluding hydrogens is 300 g/mol. The summed E-state index contributed by atoms with van der Waals surface area (Å²) in [4.78, 5) is 15.6. The maximum absolute atomic E-state index is 12.5. The van der Waals surface area contributed by atoms with E-state index in [-0.39, 0.29) is 5.91 Å². The Labute approximate surface area is 133 Å². The molecule has 0 aliphatic rings. The molecule has 22 heavy (non-hydrogen) atoms. The Kier molecular flexibility index (Phi) is 3.77. The standard InChI is InChI=1S/C17H15ClN2O2/c1-10-14-7-6-11(18)8-15(14)20-16(10)17(21)19-12-4-3-5-13(9-12)22-2/h3-9,20H,1-2H3,(H,19,21). The van der Waals surface area contributed by atoms with Crippen LogP contribution in [0.25, 0.3) is 10.9 Å². The van der Waals surface area contributed by atoms with Gasteiger partial charge in [-0.15, -0.1) is 0 Å². The summed E-state index contributed by atoms with van der Waals surface area (Å²) in [5, 5.41) is 4.49. The number of hydrogen-bond acceptors (Lipinski definition) is 2. The van der Waals surface area contributed by atoms with E-state index < -0.39 is 0 Å². The third-order valence-corrected chi connectivity index (χ3v) is 3.81. The molecule has 0 saturated carbocycles. The lowest BCUT2D eigenvalue weighted by Gasteiger charge is -2.06. The van der Waals surface area contributed by atoms with Crippen molar-refractivity contribution in [2.45, 2.75) is 6.92 Å². The molecule has 3 rings (SSSR count). The number of rotatable bonds is 3. The van der Waals surface area contributed by atoms with Gasteiger partial charge in [0.2, 0.25) is 0 Å². The van der Waals surface area contributed by atoms with Crippen molar-refractivity contribution >= 4 is 34.1 Å². The van der Waals surface area contributed by atoms with Crippen LogP contribution in [-0.2, 0) is 0 Å². The van der Waals surface area contributed by atoms with Crippen LogP contribution >= 0.6 is 11.6 Å². The van der Waals surface area contributed by atoms with Crippen LogP contribution in [0.15, 0.2) is 42.5 Å². The summed E-state index contributed by atoms with van der Waals surface area (Å²) < 4.78 is 5.15. The van der Waals surface area contributed by atoms with E-state index >= 15 is 0 Å². The van der Waals surface area contributed by atoms with Crippen LogP contribution in [0.5, 0.6) is 5.75 Å². The molecule has 1 amide bonds. The van der Waals surface area contributed by atoms with Crippen LogP contribution in [0.2, 0.25) is 5.02 Å². The Balaban J connectivity index is 1.93. The molecule has 0 spiro atoms. The fourth-order valence-electron chi connectivity index (χ4n) is 2.43. The van der Waals surface area contributed by atoms with Gasteiger partial charge in [0.15, 0.2) is 0 Å². The van der Waals surface area contributed by atoms with E-state index in [0.29, 0.717) is 22.2 Å². The summed E-state index contributed by atoms with van der Waals surface area (Å²) >= 11 is 5.99. The lowest BCUT2D eigenvalue weighted by molar-refractivity contribution is 0.102. The van der Waals surface area contributed by atoms with Crippen LogP contribution < -0.4 is 10.1 Å². The molecule has 1 aromatic heterocycles. The number of carbonyl (C=O) groups excluding carboxylic acids is 1. The van der Waals surface area contributed by atoms with Crippen molar-refractivity contribution < 1.29 is 9.53 Å². The van der Waals surface area contributed by atoms with E-state index in [1.54, 1.807) is 13.2 Å². The highest BCUT2D eigenvalue weighted by atomic mass is 35.5. The van der Waals surface area contributed by atoms with Crippen LogP contribution in [0.1, 0.15) is 16.1 Å². The second-order valence-corrected chi connectivity index (χ2v) is 5.44. The summed E-state index contributed by atoms with van der Waals surface area (Å²) in [7, 11) is 1.59. The third-order valence-electron chi connectivity index (χ3n) is 3.57. The molecule has 0 bridgehead atoms. The van der Waals surface area contributed by atoms with Gasteiger partial charge >= 0.3 is 0 Å². The Morgan fingerprint density at radius 2 is 2.05 bits per heavy atom. The number of anilines is 1. The van der Waals surface area contributed by atoms with Crippen LogP contribution in [0, 0.1) is 6.92 Å². The van der Waals surface area contributed by atoms with Gasteiger partial charge in [-0.1, -0.05) is 23.7 Å². The van der Waals surface area contributed by atoms with E-state index in [2.05, 4.69) is 10.3 Å². The van der Waals surface area contributed by atoms with Crippen molar-refractivity contribution in [2.75, 3.05) is 12.4 Å². The lowest BCUT2D eigenvalue weighted by atomic mass is 10.1. The lowest BCUT2D eigenvalue weighted by Crippen LogP contribution is -2.13. The number of methoxy groups -OCH3 is 1. The van der Waals surface area contributed by atoms with Crippen molar-refractivity contribution in [3.63, 3.8) is 0 Å². The zero-order valence-electron chi connectivity index (χ0n) is 12.2. The molecular formula is C17H15ClN2O2. The molecule has 2 aromatic carbocycles. The van der Waals surface area contributed by atoms with E-state index in [4.69, 9.17) is 16.3 Å². The first kappa shape index (κ1) is 14.5. The van der Waals surface area contributed by atoms with Crippen LogP contribution in [0.4, 0.5) is 5.69 Å². The summed E-state index contributed by atoms with van der Waals surface area (Å²) in [6.45, 7) is 1.91. The van der Waals surface area contributed by atoms with Crippen molar-refractivity contribution in [2.24, 2.45) is 0 Å². The van der Waals surface area contributed by atoms with Gasteiger partial charge in [0, 0.05) is 27.7 Å². The van der Waals surface area contributed by atoms with Crippen molar-refractivity contribution in [3.8, 4) is 5.75 Å². The van der Waals surface area contributed by atoms with Crippen LogP contribution in [0.3, 0.4) is 0 Å². The average Bonchev–Trinajstić information content (AvgIpc) is 2.84. The highest BCUT2D eigenvalue weighted by molar-refractivity contribution is 6.31. The van der Waals surface area contributed by atoms with Crippen molar-refractivity contribution in [1.29, 1.82) is 0 Å². The van der Waals surface area contributed by atoms with Crippen LogP contribution in [-0.4, -0.2) is 18.0 Å². The molecule has 0 saturated heterocycles. The van der Waals surface area contributed by atoms with Gasteiger partial charge in [0.25, 0.3) is 5.91 Å². The molecule has 1 heterocycles. The fourth-order valence-corrected chi connectivity index (χ4v) is 2.60. The van der Waals surface area contributed by atoms with Gasteiger partial charge in [-0.25, -0.2) is 0 Å². The number of halogens is 1. The number of aromatic nitrogens is 1. The van der Waals surface area contributed by atoms with E-state index in [1.807, 2.05) is 43.3 Å². The molecule has 4 nitrogen and oxygen atoms in total. The number of aryl methyl sites for hydroxylation is 1. The van der Waals surface area contributed by atoms with E-state index in [1.165, 1.54) is 0 Å². The first-order chi connectivity index (χ1) is 10.6. The topological polar surface area (TPSA) is 54.1 Å². The maximum Gasteiger partial charge on any atom is 0.272 e. The number of amides is 1. The molecule has 0 fully saturated rings. The highest BCUT2D eigenvalue weighted by Gasteiger charge is 2.15. The number of hydrogen-bond donors (Lipinski definition) is 2. The van der Waals surface area contributed by atoms with Gasteiger partial charge in [0.05, 0.1) is 7.11 Å². The number of ether oxygens (including phenoxy) is 1. The number of aromatic amines is 1. The molecule has 2 N–H and O–H groups in total. The predicted octanol–water partition coefficient (Wildman–Crippen LogP) is 4.39. The normalized spacial score (nSPS) is 10.7. The van der Waals surface area contributed by atoms with Crippen molar-refractivity contribution in [1.82, 2.24) is 4.98 Å². The number of nitrogens with one attached hydrogen (secondary N) is 2. The second kappa shape index (κ2) is 5.73. The molecule has 0 radical (unpaired) electrons. The minimum atomic E-state index is -0.196. The Bertz CT molecular complexity index is 855. The average molecular weight is 315 g/mol. The zero-order valence-corrected chi connectivity index (χ0v) is 13.0. The van der Waals surface area contributed by atoms with Gasteiger partial charge in [-0.05, 0) is 36.8 Å². The SMILES string of the molecule is COc1cccc(NC(=O)c2[nH]c3cc(Cl)ccc3c2C)c1. The minimum Gasteiger partial charge on any atom is -0.497 e. The molecule has 0 aliphatic heterocycles. The second-order valence-electron chi connectivity index (χ2n) is 5.00. The monoisotopic (exact) mass is 314 g/mol. The van der Waals surface area contributed by atoms with E-state index in [0.717, 1.165) is 16.5 Å². The number of H-pyrrole nitrogens is 1. The molecule has 5 heteroatoms. The first-order valence-corrected chi connectivity index (χ1v) is 7.19. The number of benzene rings is 2. The first-order valence-electron chi connectivity index (χ1n) is 6.81. The largest absolute Gasteiger partial charge is 0.497 e. The fraction of sp³-hybridized carbons (Fsp3) is 0.118. The van der Waals surface area contributed by atoms with E-state index in [9.17, 15) is 4.79 Å². The Morgan fingerprint density at radius 1 is 1.23 bits per heavy atom. The Morgan fingerprint density at radius 3 is 2.82 bits per heavy atom. The summed E-state index contributed by atoms with van der Waals surface area (Å²) in [6, 6.07) is 12.8. The smallest absolute Gasteiger partial charge is 0.272 e. The highest BCUT2D eigenvalue weighted by Crippen LogP contribution is 2.25. The molecule has 0 unspecified atom stereocenters. The number of fused-ring (bicyclic) bond motifs is 1. The van der Waals surface area contributed by atoms with Gasteiger partial charge in [0.1, 0.15) is 11.4 Å². The molecule has 112 valence electrons. The summed E-state index contributed by atoms with van der Waals surface area (Å²) in [5.41, 5.74) is 2.95. The molecule has 0 atom stereocenters. The molecule has 3 aromatic rings. The maximum atomic E-state index is 12.5. The van der Waals surface area contributed by atoms with Crippen molar-refractivity contribution in [3.05, 3.63) is 58.7 Å². The quantitative estimate of drug-likeness (QED) is 0.753. The van der Waals surface area contributed by atoms with Gasteiger partial charge in [-0.3, -0.25) is 4.79 Å². The third kappa shape index (κ3) is 2.65. The Hall–Kier alpha value is -2.46. The minimum absolute atomic E-state index is 0.196. The van der Waals surface area contributed by atoms with Gasteiger partial charge in [-0.2, -0.15) is 0 Å².